The molecule has 0 saturated heterocycles. The molecular formula is C11H17N. The quantitative estimate of drug-likeness (QED) is 0.468. The van der Waals surface area contributed by atoms with E-state index in [4.69, 9.17) is 0 Å². The van der Waals surface area contributed by atoms with E-state index >= 15 is 0 Å². The highest BCUT2D eigenvalue weighted by Gasteiger charge is 2.08. The molecule has 0 saturated carbocycles. The van der Waals surface area contributed by atoms with Crippen molar-refractivity contribution in [1.82, 2.24) is 5.32 Å². The largest absolute Gasteiger partial charge is 0.313 e. The van der Waals surface area contributed by atoms with Gasteiger partial charge in [0.2, 0.25) is 0 Å². The predicted molar refractivity (Wildman–Crippen MR) is 56.1 cm³/mol. The van der Waals surface area contributed by atoms with Gasteiger partial charge in [0, 0.05) is 12.0 Å². The molecular weight excluding hydrogens is 146 g/mol. The summed E-state index contributed by atoms with van der Waals surface area (Å²) in [7, 11) is 1.91. The van der Waals surface area contributed by atoms with Crippen LogP contribution in [0.25, 0.3) is 0 Å². The molecule has 1 unspecified atom stereocenters. The van der Waals surface area contributed by atoms with Crippen LogP contribution < -0.4 is 5.32 Å². The molecule has 0 aliphatic rings. The van der Waals surface area contributed by atoms with Crippen LogP contribution in [0.4, 0.5) is 0 Å². The SMILES string of the molecule is C=C/C=C\C(NC)C(C=C)C=C. The van der Waals surface area contributed by atoms with E-state index in [1.54, 1.807) is 6.08 Å². The van der Waals surface area contributed by atoms with Crippen molar-refractivity contribution in [3.63, 3.8) is 0 Å². The van der Waals surface area contributed by atoms with Crippen molar-refractivity contribution in [2.24, 2.45) is 5.92 Å². The Labute approximate surface area is 75.2 Å². The normalized spacial score (nSPS) is 13.2. The second kappa shape index (κ2) is 6.62. The van der Waals surface area contributed by atoms with Gasteiger partial charge in [0.1, 0.15) is 0 Å². The van der Waals surface area contributed by atoms with E-state index in [1.807, 2.05) is 31.4 Å². The lowest BCUT2D eigenvalue weighted by Gasteiger charge is -2.16. The molecule has 0 fully saturated rings. The lowest BCUT2D eigenvalue weighted by atomic mass is 10.00. The molecule has 0 heterocycles. The highest BCUT2D eigenvalue weighted by Crippen LogP contribution is 2.07. The summed E-state index contributed by atoms with van der Waals surface area (Å²) in [6, 6.07) is 0.262. The van der Waals surface area contributed by atoms with Crippen LogP contribution in [-0.2, 0) is 0 Å². The molecule has 0 bridgehead atoms. The fourth-order valence-corrected chi connectivity index (χ4v) is 1.00. The third-order valence-corrected chi connectivity index (χ3v) is 1.75. The third kappa shape index (κ3) is 3.35. The smallest absolute Gasteiger partial charge is 0.0348 e. The first-order chi connectivity index (χ1) is 5.79. The van der Waals surface area contributed by atoms with Crippen LogP contribution in [0.15, 0.2) is 50.1 Å². The van der Waals surface area contributed by atoms with Gasteiger partial charge < -0.3 is 5.32 Å². The fraction of sp³-hybridized carbons (Fsp3) is 0.273. The molecule has 1 heteroatoms. The highest BCUT2D eigenvalue weighted by atomic mass is 14.9. The number of likely N-dealkylation sites (N-methyl/N-ethyl adjacent to an activating group) is 1. The molecule has 1 nitrogen and oxygen atoms in total. The molecule has 0 spiro atoms. The average Bonchev–Trinajstić information content (AvgIpc) is 2.12. The van der Waals surface area contributed by atoms with Gasteiger partial charge in [-0.25, -0.2) is 0 Å². The van der Waals surface area contributed by atoms with Crippen LogP contribution in [-0.4, -0.2) is 13.1 Å². The zero-order valence-electron chi connectivity index (χ0n) is 7.66. The summed E-state index contributed by atoms with van der Waals surface area (Å²) in [4.78, 5) is 0. The van der Waals surface area contributed by atoms with Crippen molar-refractivity contribution in [1.29, 1.82) is 0 Å². The van der Waals surface area contributed by atoms with Crippen LogP contribution in [0.5, 0.6) is 0 Å². The van der Waals surface area contributed by atoms with Crippen molar-refractivity contribution in [3.05, 3.63) is 50.1 Å². The van der Waals surface area contributed by atoms with E-state index in [2.05, 4.69) is 25.1 Å². The number of rotatable bonds is 6. The van der Waals surface area contributed by atoms with Gasteiger partial charge in [0.15, 0.2) is 0 Å². The van der Waals surface area contributed by atoms with Gasteiger partial charge in [-0.1, -0.05) is 37.0 Å². The van der Waals surface area contributed by atoms with E-state index in [9.17, 15) is 0 Å². The van der Waals surface area contributed by atoms with E-state index in [-0.39, 0.29) is 12.0 Å². The Hall–Kier alpha value is -1.08. The molecule has 66 valence electrons. The first-order valence-corrected chi connectivity index (χ1v) is 4.01. The van der Waals surface area contributed by atoms with Crippen LogP contribution >= 0.6 is 0 Å². The van der Waals surface area contributed by atoms with Crippen molar-refractivity contribution < 1.29 is 0 Å². The molecule has 0 aromatic carbocycles. The summed E-state index contributed by atoms with van der Waals surface area (Å²) in [5.74, 6) is 0.270. The Morgan fingerprint density at radius 3 is 2.08 bits per heavy atom. The molecule has 0 rings (SSSR count). The lowest BCUT2D eigenvalue weighted by molar-refractivity contribution is 0.587. The van der Waals surface area contributed by atoms with E-state index < -0.39 is 0 Å². The number of nitrogens with one attached hydrogen (secondary N) is 1. The number of allylic oxidation sites excluding steroid dienone is 2. The maximum Gasteiger partial charge on any atom is 0.0348 e. The Kier molecular flexibility index (Phi) is 6.02. The van der Waals surface area contributed by atoms with Crippen molar-refractivity contribution in [2.75, 3.05) is 7.05 Å². The first-order valence-electron chi connectivity index (χ1n) is 4.01. The Bertz CT molecular complexity index is 171. The standard InChI is InChI=1S/C11H17N/c1-5-8-9-11(12-4)10(6-2)7-3/h5-12H,1-3H2,4H3/b9-8-. The summed E-state index contributed by atoms with van der Waals surface area (Å²) in [6.07, 6.45) is 9.47. The number of hydrogen-bond donors (Lipinski definition) is 1. The van der Waals surface area contributed by atoms with Gasteiger partial charge in [-0.15, -0.1) is 13.2 Å². The topological polar surface area (TPSA) is 12.0 Å². The summed E-state index contributed by atoms with van der Waals surface area (Å²) >= 11 is 0. The maximum absolute atomic E-state index is 3.74. The fourth-order valence-electron chi connectivity index (χ4n) is 1.00. The Morgan fingerprint density at radius 1 is 1.17 bits per heavy atom. The molecule has 1 atom stereocenters. The third-order valence-electron chi connectivity index (χ3n) is 1.75. The van der Waals surface area contributed by atoms with Gasteiger partial charge in [-0.05, 0) is 7.05 Å². The molecule has 1 N–H and O–H groups in total. The van der Waals surface area contributed by atoms with Crippen LogP contribution in [0.1, 0.15) is 0 Å². The maximum atomic E-state index is 3.74. The Balaban J connectivity index is 4.28. The minimum Gasteiger partial charge on any atom is -0.313 e. The summed E-state index contributed by atoms with van der Waals surface area (Å²) in [6.45, 7) is 11.1. The zero-order valence-corrected chi connectivity index (χ0v) is 7.66. The van der Waals surface area contributed by atoms with Crippen LogP contribution in [0.3, 0.4) is 0 Å². The van der Waals surface area contributed by atoms with Gasteiger partial charge in [0.05, 0.1) is 0 Å². The van der Waals surface area contributed by atoms with E-state index in [1.165, 1.54) is 0 Å². The average molecular weight is 163 g/mol. The van der Waals surface area contributed by atoms with Gasteiger partial charge in [0.25, 0.3) is 0 Å². The summed E-state index contributed by atoms with van der Waals surface area (Å²) in [5, 5.41) is 3.16. The van der Waals surface area contributed by atoms with Crippen molar-refractivity contribution in [2.45, 2.75) is 6.04 Å². The zero-order chi connectivity index (χ0) is 9.40. The second-order valence-corrected chi connectivity index (χ2v) is 2.48. The second-order valence-electron chi connectivity index (χ2n) is 2.48. The summed E-state index contributed by atoms with van der Waals surface area (Å²) < 4.78 is 0. The molecule has 12 heavy (non-hydrogen) atoms. The van der Waals surface area contributed by atoms with E-state index in [0.29, 0.717) is 0 Å². The molecule has 0 radical (unpaired) electrons. The van der Waals surface area contributed by atoms with Crippen LogP contribution in [0.2, 0.25) is 0 Å². The van der Waals surface area contributed by atoms with Crippen molar-refractivity contribution in [3.8, 4) is 0 Å². The minimum absolute atomic E-state index is 0.262. The predicted octanol–water partition coefficient (Wildman–Crippen LogP) is 2.30. The van der Waals surface area contributed by atoms with Crippen molar-refractivity contribution >= 4 is 0 Å². The lowest BCUT2D eigenvalue weighted by Crippen LogP contribution is -2.29. The molecule has 0 aromatic rings. The molecule has 0 aliphatic carbocycles. The summed E-state index contributed by atoms with van der Waals surface area (Å²) in [5.41, 5.74) is 0. The van der Waals surface area contributed by atoms with E-state index in [0.717, 1.165) is 0 Å². The number of hydrogen-bond acceptors (Lipinski definition) is 1. The highest BCUT2D eigenvalue weighted by molar-refractivity contribution is 5.10. The molecule has 0 aromatic heterocycles. The minimum atomic E-state index is 0.262. The molecule has 0 aliphatic heterocycles. The first kappa shape index (κ1) is 10.9. The Morgan fingerprint density at radius 2 is 1.75 bits per heavy atom. The van der Waals surface area contributed by atoms with Crippen LogP contribution in [0, 0.1) is 5.92 Å². The van der Waals surface area contributed by atoms with Gasteiger partial charge in [-0.2, -0.15) is 0 Å². The monoisotopic (exact) mass is 163 g/mol. The molecule has 0 amide bonds. The van der Waals surface area contributed by atoms with Gasteiger partial charge >= 0.3 is 0 Å². The van der Waals surface area contributed by atoms with Gasteiger partial charge in [-0.3, -0.25) is 0 Å².